The van der Waals surface area contributed by atoms with Crippen LogP contribution in [0.5, 0.6) is 0 Å². The van der Waals surface area contributed by atoms with Gasteiger partial charge in [-0.05, 0) is 25.1 Å². The molecule has 0 saturated heterocycles. The average molecular weight is 326 g/mol. The first-order chi connectivity index (χ1) is 9.95. The van der Waals surface area contributed by atoms with Gasteiger partial charge in [-0.2, -0.15) is 0 Å². The zero-order valence-corrected chi connectivity index (χ0v) is 12.6. The summed E-state index contributed by atoms with van der Waals surface area (Å²) in [5.74, 6) is -1.14. The van der Waals surface area contributed by atoms with E-state index in [4.69, 9.17) is 16.7 Å². The molecule has 0 radical (unpaired) electrons. The normalized spacial score (nSPS) is 10.2. The highest BCUT2D eigenvalue weighted by atomic mass is 35.5. The molecule has 1 aromatic carbocycles. The molecule has 21 heavy (non-hydrogen) atoms. The Morgan fingerprint density at radius 2 is 2.19 bits per heavy atom. The van der Waals surface area contributed by atoms with E-state index in [1.807, 2.05) is 12.3 Å². The lowest BCUT2D eigenvalue weighted by molar-refractivity contribution is 0.0698. The zero-order valence-electron chi connectivity index (χ0n) is 11.0. The van der Waals surface area contributed by atoms with Gasteiger partial charge >= 0.3 is 12.0 Å². The smallest absolute Gasteiger partial charge is 0.337 e. The SMILES string of the molecule is Cc1csc(CNC(=O)Nc2cc(Cl)ccc2C(=O)O)n1. The van der Waals surface area contributed by atoms with Gasteiger partial charge in [0, 0.05) is 16.1 Å². The van der Waals surface area contributed by atoms with Crippen molar-refractivity contribution < 1.29 is 14.7 Å². The molecule has 3 N–H and O–H groups in total. The Hall–Kier alpha value is -2.12. The van der Waals surface area contributed by atoms with E-state index in [0.29, 0.717) is 5.02 Å². The molecule has 0 saturated carbocycles. The second-order valence-electron chi connectivity index (χ2n) is 4.19. The van der Waals surface area contributed by atoms with Crippen molar-refractivity contribution >= 4 is 40.6 Å². The number of carbonyl (C=O) groups is 2. The number of halogens is 1. The molecule has 0 aliphatic heterocycles. The Bertz CT molecular complexity index is 687. The fourth-order valence-corrected chi connectivity index (χ4v) is 2.50. The number of nitrogens with zero attached hydrogens (tertiary/aromatic N) is 1. The van der Waals surface area contributed by atoms with Gasteiger partial charge in [-0.25, -0.2) is 14.6 Å². The molecule has 2 aromatic rings. The number of carbonyl (C=O) groups excluding carboxylic acids is 1. The average Bonchev–Trinajstić information content (AvgIpc) is 2.82. The van der Waals surface area contributed by atoms with Gasteiger partial charge in [0.05, 0.1) is 17.8 Å². The minimum atomic E-state index is -1.14. The molecular formula is C13H12ClN3O3S. The van der Waals surface area contributed by atoms with Gasteiger partial charge < -0.3 is 15.7 Å². The van der Waals surface area contributed by atoms with Crippen LogP contribution in [-0.4, -0.2) is 22.1 Å². The first kappa shape index (κ1) is 15.3. The number of carboxylic acids is 1. The maximum absolute atomic E-state index is 11.8. The lowest BCUT2D eigenvalue weighted by Crippen LogP contribution is -2.28. The van der Waals surface area contributed by atoms with E-state index in [1.54, 1.807) is 0 Å². The van der Waals surface area contributed by atoms with Crippen molar-refractivity contribution in [2.24, 2.45) is 0 Å². The number of amides is 2. The van der Waals surface area contributed by atoms with Crippen LogP contribution in [0.4, 0.5) is 10.5 Å². The van der Waals surface area contributed by atoms with Crippen molar-refractivity contribution in [2.75, 3.05) is 5.32 Å². The van der Waals surface area contributed by atoms with E-state index in [9.17, 15) is 9.59 Å². The van der Waals surface area contributed by atoms with E-state index in [0.717, 1.165) is 10.7 Å². The molecule has 8 heteroatoms. The van der Waals surface area contributed by atoms with Gasteiger partial charge in [-0.15, -0.1) is 11.3 Å². The van der Waals surface area contributed by atoms with Crippen LogP contribution in [0.2, 0.25) is 5.02 Å². The summed E-state index contributed by atoms with van der Waals surface area (Å²) in [6, 6.07) is 3.65. The highest BCUT2D eigenvalue weighted by Crippen LogP contribution is 2.21. The predicted octanol–water partition coefficient (Wildman–Crippen LogP) is 3.12. The van der Waals surface area contributed by atoms with Crippen LogP contribution < -0.4 is 10.6 Å². The Morgan fingerprint density at radius 1 is 1.43 bits per heavy atom. The fourth-order valence-electron chi connectivity index (χ4n) is 1.61. The maximum atomic E-state index is 11.8. The van der Waals surface area contributed by atoms with Gasteiger partial charge in [0.25, 0.3) is 0 Å². The molecule has 110 valence electrons. The molecule has 0 aliphatic carbocycles. The quantitative estimate of drug-likeness (QED) is 0.805. The van der Waals surface area contributed by atoms with E-state index < -0.39 is 12.0 Å². The molecule has 2 rings (SSSR count). The number of aromatic nitrogens is 1. The highest BCUT2D eigenvalue weighted by Gasteiger charge is 2.13. The Kier molecular flexibility index (Phi) is 4.77. The van der Waals surface area contributed by atoms with Crippen LogP contribution in [-0.2, 0) is 6.54 Å². The third kappa shape index (κ3) is 4.17. The Labute approximate surface area is 129 Å². The van der Waals surface area contributed by atoms with Gasteiger partial charge in [0.15, 0.2) is 0 Å². The summed E-state index contributed by atoms with van der Waals surface area (Å²) in [6.45, 7) is 2.14. The lowest BCUT2D eigenvalue weighted by Gasteiger charge is -2.09. The van der Waals surface area contributed by atoms with E-state index in [-0.39, 0.29) is 17.8 Å². The first-order valence-corrected chi connectivity index (χ1v) is 7.20. The zero-order chi connectivity index (χ0) is 15.4. The molecule has 6 nitrogen and oxygen atoms in total. The second-order valence-corrected chi connectivity index (χ2v) is 5.56. The van der Waals surface area contributed by atoms with Crippen molar-refractivity contribution in [3.05, 3.63) is 44.9 Å². The maximum Gasteiger partial charge on any atom is 0.337 e. The summed E-state index contributed by atoms with van der Waals surface area (Å²) in [5, 5.41) is 17.1. The summed E-state index contributed by atoms with van der Waals surface area (Å²) >= 11 is 7.25. The second kappa shape index (κ2) is 6.55. The van der Waals surface area contributed by atoms with Crippen molar-refractivity contribution in [3.63, 3.8) is 0 Å². The van der Waals surface area contributed by atoms with Crippen molar-refractivity contribution in [3.8, 4) is 0 Å². The monoisotopic (exact) mass is 325 g/mol. The Morgan fingerprint density at radius 3 is 2.81 bits per heavy atom. The van der Waals surface area contributed by atoms with Gasteiger partial charge in [-0.1, -0.05) is 11.6 Å². The predicted molar refractivity (Wildman–Crippen MR) is 81.1 cm³/mol. The number of aromatic carboxylic acids is 1. The standard InChI is InChI=1S/C13H12ClN3O3S/c1-7-6-21-11(16-7)5-15-13(20)17-10-4-8(14)2-3-9(10)12(18)19/h2-4,6H,5H2,1H3,(H,18,19)(H2,15,17,20). The van der Waals surface area contributed by atoms with Crippen LogP contribution in [0.1, 0.15) is 21.1 Å². The molecular weight excluding hydrogens is 314 g/mol. The fraction of sp³-hybridized carbons (Fsp3) is 0.154. The summed E-state index contributed by atoms with van der Waals surface area (Å²) in [5.41, 5.74) is 1.00. The Balaban J connectivity index is 2.02. The molecule has 0 unspecified atom stereocenters. The number of hydrogen-bond acceptors (Lipinski definition) is 4. The highest BCUT2D eigenvalue weighted by molar-refractivity contribution is 7.09. The van der Waals surface area contributed by atoms with Crippen LogP contribution in [0.25, 0.3) is 0 Å². The third-order valence-corrected chi connectivity index (χ3v) is 3.73. The van der Waals surface area contributed by atoms with E-state index in [1.165, 1.54) is 29.5 Å². The number of nitrogens with one attached hydrogen (secondary N) is 2. The third-order valence-electron chi connectivity index (χ3n) is 2.53. The van der Waals surface area contributed by atoms with E-state index in [2.05, 4.69) is 15.6 Å². The summed E-state index contributed by atoms with van der Waals surface area (Å²) < 4.78 is 0. The molecule has 0 spiro atoms. The number of thiazole rings is 1. The number of anilines is 1. The first-order valence-electron chi connectivity index (χ1n) is 5.94. The minimum Gasteiger partial charge on any atom is -0.478 e. The van der Waals surface area contributed by atoms with Crippen molar-refractivity contribution in [2.45, 2.75) is 13.5 Å². The van der Waals surface area contributed by atoms with Crippen LogP contribution in [0, 0.1) is 6.92 Å². The number of aryl methyl sites for hydroxylation is 1. The number of urea groups is 1. The largest absolute Gasteiger partial charge is 0.478 e. The van der Waals surface area contributed by atoms with Gasteiger partial charge in [-0.3, -0.25) is 0 Å². The number of rotatable bonds is 4. The summed E-state index contributed by atoms with van der Waals surface area (Å²) in [7, 11) is 0. The van der Waals surface area contributed by atoms with Crippen LogP contribution in [0.15, 0.2) is 23.6 Å². The molecule has 2 amide bonds. The topological polar surface area (TPSA) is 91.3 Å². The van der Waals surface area contributed by atoms with Crippen molar-refractivity contribution in [1.82, 2.24) is 10.3 Å². The molecule has 1 heterocycles. The molecule has 0 aliphatic rings. The summed E-state index contributed by atoms with van der Waals surface area (Å²) in [4.78, 5) is 27.1. The van der Waals surface area contributed by atoms with Gasteiger partial charge in [0.1, 0.15) is 5.01 Å². The van der Waals surface area contributed by atoms with Crippen LogP contribution >= 0.6 is 22.9 Å². The van der Waals surface area contributed by atoms with Gasteiger partial charge in [0.2, 0.25) is 0 Å². The number of hydrogen-bond donors (Lipinski definition) is 3. The lowest BCUT2D eigenvalue weighted by atomic mass is 10.2. The van der Waals surface area contributed by atoms with Crippen LogP contribution in [0.3, 0.4) is 0 Å². The number of carboxylic acid groups (broad SMARTS) is 1. The summed E-state index contributed by atoms with van der Waals surface area (Å²) in [6.07, 6.45) is 0. The van der Waals surface area contributed by atoms with Crippen molar-refractivity contribution in [1.29, 1.82) is 0 Å². The van der Waals surface area contributed by atoms with E-state index >= 15 is 0 Å². The molecule has 0 bridgehead atoms. The number of benzene rings is 1. The minimum absolute atomic E-state index is 0.0281. The molecule has 0 fully saturated rings. The molecule has 0 atom stereocenters. The molecule has 1 aromatic heterocycles.